The van der Waals surface area contributed by atoms with E-state index >= 15 is 0 Å². The molecular weight excluding hydrogens is 438 g/mol. The van der Waals surface area contributed by atoms with Crippen LogP contribution >= 0.6 is 0 Å². The number of sulfonamides is 1. The fourth-order valence-corrected chi connectivity index (χ4v) is 6.29. The Morgan fingerprint density at radius 2 is 1.79 bits per heavy atom. The summed E-state index contributed by atoms with van der Waals surface area (Å²) in [6.45, 7) is 4.69. The largest absolute Gasteiger partial charge is 0.349 e. The van der Waals surface area contributed by atoms with E-state index in [9.17, 15) is 18.0 Å². The van der Waals surface area contributed by atoms with Gasteiger partial charge in [-0.15, -0.1) is 0 Å². The second-order valence-corrected chi connectivity index (χ2v) is 10.6. The molecule has 0 spiro atoms. The summed E-state index contributed by atoms with van der Waals surface area (Å²) in [6.07, 6.45) is 3.11. The molecule has 2 aromatic rings. The van der Waals surface area contributed by atoms with Crippen molar-refractivity contribution in [3.05, 3.63) is 59.7 Å². The molecule has 0 bridgehead atoms. The Hall–Kier alpha value is -2.71. The molecule has 0 unspecified atom stereocenters. The minimum atomic E-state index is -3.55. The molecule has 2 amide bonds. The fraction of sp³-hybridized carbons (Fsp3) is 0.440. The van der Waals surface area contributed by atoms with Crippen molar-refractivity contribution in [1.82, 2.24) is 9.62 Å². The smallest absolute Gasteiger partial charge is 0.243 e. The van der Waals surface area contributed by atoms with Gasteiger partial charge in [0.25, 0.3) is 0 Å². The molecule has 2 aliphatic rings. The van der Waals surface area contributed by atoms with Crippen LogP contribution in [0.25, 0.3) is 0 Å². The number of amides is 2. The summed E-state index contributed by atoms with van der Waals surface area (Å²) in [5, 5.41) is 3.16. The number of hydrogen-bond acceptors (Lipinski definition) is 4. The molecule has 33 heavy (non-hydrogen) atoms. The zero-order valence-corrected chi connectivity index (χ0v) is 20.0. The van der Waals surface area contributed by atoms with Gasteiger partial charge in [0.2, 0.25) is 21.8 Å². The monoisotopic (exact) mass is 469 g/mol. The van der Waals surface area contributed by atoms with Crippen molar-refractivity contribution in [3.8, 4) is 0 Å². The Balaban J connectivity index is 1.44. The van der Waals surface area contributed by atoms with Crippen LogP contribution < -0.4 is 10.2 Å². The molecule has 1 fully saturated rings. The molecule has 7 nitrogen and oxygen atoms in total. The van der Waals surface area contributed by atoms with Crippen LogP contribution in [0.4, 0.5) is 5.69 Å². The van der Waals surface area contributed by atoms with Gasteiger partial charge in [0.1, 0.15) is 0 Å². The van der Waals surface area contributed by atoms with Gasteiger partial charge in [0, 0.05) is 31.7 Å². The first-order chi connectivity index (χ1) is 15.8. The van der Waals surface area contributed by atoms with Gasteiger partial charge in [-0.2, -0.15) is 4.31 Å². The number of hydrogen-bond donors (Lipinski definition) is 1. The van der Waals surface area contributed by atoms with Crippen LogP contribution in [0.2, 0.25) is 0 Å². The van der Waals surface area contributed by atoms with Crippen LogP contribution in [0, 0.1) is 5.92 Å². The van der Waals surface area contributed by atoms with Crippen molar-refractivity contribution >= 4 is 27.5 Å². The lowest BCUT2D eigenvalue weighted by Gasteiger charge is -2.27. The highest BCUT2D eigenvalue weighted by molar-refractivity contribution is 7.89. The summed E-state index contributed by atoms with van der Waals surface area (Å²) in [6, 6.07) is 14.5. The van der Waals surface area contributed by atoms with Gasteiger partial charge in [0.15, 0.2) is 0 Å². The highest BCUT2D eigenvalue weighted by atomic mass is 32.2. The van der Waals surface area contributed by atoms with Gasteiger partial charge < -0.3 is 10.2 Å². The lowest BCUT2D eigenvalue weighted by Crippen LogP contribution is -2.36. The standard InChI is InChI=1S/C25H31N3O4S/c1-3-27(4-2)33(31,32)21-14-12-20(13-15-21)28-17-19(16-24(28)29)25(30)26-23-11-7-9-18-8-5-6-10-22(18)23/h5-6,8,10,12-15,19,23H,3-4,7,9,11,16-17H2,1-2H3,(H,26,30)/t19-,23+/m0/s1. The number of rotatable bonds is 7. The Morgan fingerprint density at radius 3 is 2.48 bits per heavy atom. The summed E-state index contributed by atoms with van der Waals surface area (Å²) in [5.74, 6) is -0.655. The summed E-state index contributed by atoms with van der Waals surface area (Å²) in [5.41, 5.74) is 3.05. The van der Waals surface area contributed by atoms with Crippen LogP contribution in [0.3, 0.4) is 0 Å². The van der Waals surface area contributed by atoms with E-state index in [2.05, 4.69) is 17.4 Å². The second kappa shape index (κ2) is 9.65. The minimum Gasteiger partial charge on any atom is -0.349 e. The van der Waals surface area contributed by atoms with Gasteiger partial charge in [-0.3, -0.25) is 9.59 Å². The first-order valence-corrected chi connectivity index (χ1v) is 13.1. The molecule has 2 atom stereocenters. The number of benzene rings is 2. The van der Waals surface area contributed by atoms with E-state index in [1.54, 1.807) is 30.9 Å². The van der Waals surface area contributed by atoms with E-state index in [0.717, 1.165) is 19.3 Å². The fourth-order valence-electron chi connectivity index (χ4n) is 4.84. The molecule has 0 aromatic heterocycles. The van der Waals surface area contributed by atoms with Gasteiger partial charge in [-0.05, 0) is 54.7 Å². The molecule has 2 aromatic carbocycles. The molecule has 1 aliphatic carbocycles. The number of carbonyl (C=O) groups excluding carboxylic acids is 2. The van der Waals surface area contributed by atoms with Gasteiger partial charge in [-0.1, -0.05) is 38.1 Å². The first-order valence-electron chi connectivity index (χ1n) is 11.6. The summed E-state index contributed by atoms with van der Waals surface area (Å²) in [7, 11) is -3.55. The first kappa shape index (κ1) is 23.4. The van der Waals surface area contributed by atoms with Crippen molar-refractivity contribution in [2.75, 3.05) is 24.5 Å². The molecule has 1 saturated heterocycles. The Bertz CT molecular complexity index is 1130. The zero-order valence-electron chi connectivity index (χ0n) is 19.2. The van der Waals surface area contributed by atoms with E-state index in [1.165, 1.54) is 27.6 Å². The maximum atomic E-state index is 13.0. The van der Waals surface area contributed by atoms with Crippen LogP contribution in [0.1, 0.15) is 50.3 Å². The van der Waals surface area contributed by atoms with Crippen molar-refractivity contribution in [2.24, 2.45) is 5.92 Å². The normalized spacial score (nSPS) is 20.7. The predicted octanol–water partition coefficient (Wildman–Crippen LogP) is 3.26. The lowest BCUT2D eigenvalue weighted by atomic mass is 9.87. The average molecular weight is 470 g/mol. The highest BCUT2D eigenvalue weighted by Gasteiger charge is 2.36. The SMILES string of the molecule is CCN(CC)S(=O)(=O)c1ccc(N2C[C@@H](C(=O)N[C@@H]3CCCc4ccccc43)CC2=O)cc1. The third-order valence-corrected chi connectivity index (χ3v) is 8.74. The van der Waals surface area contributed by atoms with Crippen LogP contribution in [-0.4, -0.2) is 44.2 Å². The number of fused-ring (bicyclic) bond motifs is 1. The highest BCUT2D eigenvalue weighted by Crippen LogP contribution is 2.31. The molecule has 8 heteroatoms. The van der Waals surface area contributed by atoms with E-state index in [4.69, 9.17) is 0 Å². The van der Waals surface area contributed by atoms with Crippen LogP contribution in [0.5, 0.6) is 0 Å². The van der Waals surface area contributed by atoms with E-state index < -0.39 is 15.9 Å². The van der Waals surface area contributed by atoms with Crippen molar-refractivity contribution in [1.29, 1.82) is 0 Å². The van der Waals surface area contributed by atoms with Gasteiger partial charge >= 0.3 is 0 Å². The Kier molecular flexibility index (Phi) is 6.86. The molecule has 0 saturated carbocycles. The zero-order chi connectivity index (χ0) is 23.6. The summed E-state index contributed by atoms with van der Waals surface area (Å²) in [4.78, 5) is 27.5. The molecule has 0 radical (unpaired) electrons. The average Bonchev–Trinajstić information content (AvgIpc) is 3.22. The molecule has 176 valence electrons. The number of nitrogens with one attached hydrogen (secondary N) is 1. The predicted molar refractivity (Wildman–Crippen MR) is 127 cm³/mol. The minimum absolute atomic E-state index is 0.0174. The second-order valence-electron chi connectivity index (χ2n) is 8.64. The quantitative estimate of drug-likeness (QED) is 0.674. The molecule has 4 rings (SSSR count). The molecule has 1 heterocycles. The summed E-state index contributed by atoms with van der Waals surface area (Å²) < 4.78 is 26.8. The Labute approximate surface area is 195 Å². The maximum Gasteiger partial charge on any atom is 0.243 e. The van der Waals surface area contributed by atoms with Crippen molar-refractivity contribution in [2.45, 2.75) is 50.5 Å². The van der Waals surface area contributed by atoms with Crippen molar-refractivity contribution in [3.63, 3.8) is 0 Å². The van der Waals surface area contributed by atoms with Gasteiger partial charge in [-0.25, -0.2) is 8.42 Å². The number of carbonyl (C=O) groups is 2. The molecular formula is C25H31N3O4S. The van der Waals surface area contributed by atoms with E-state index in [1.807, 2.05) is 12.1 Å². The number of aryl methyl sites for hydroxylation is 1. The number of anilines is 1. The van der Waals surface area contributed by atoms with E-state index in [0.29, 0.717) is 25.3 Å². The number of nitrogens with zero attached hydrogens (tertiary/aromatic N) is 2. The summed E-state index contributed by atoms with van der Waals surface area (Å²) >= 11 is 0. The molecule has 1 aliphatic heterocycles. The van der Waals surface area contributed by atoms with Crippen LogP contribution in [-0.2, 0) is 26.0 Å². The Morgan fingerprint density at radius 1 is 1.09 bits per heavy atom. The third kappa shape index (κ3) is 4.68. The lowest BCUT2D eigenvalue weighted by molar-refractivity contribution is -0.127. The topological polar surface area (TPSA) is 86.8 Å². The van der Waals surface area contributed by atoms with E-state index in [-0.39, 0.29) is 29.2 Å². The van der Waals surface area contributed by atoms with Gasteiger partial charge in [0.05, 0.1) is 16.9 Å². The molecule has 1 N–H and O–H groups in total. The third-order valence-electron chi connectivity index (χ3n) is 6.67. The maximum absolute atomic E-state index is 13.0. The van der Waals surface area contributed by atoms with Crippen molar-refractivity contribution < 1.29 is 18.0 Å². The van der Waals surface area contributed by atoms with Crippen LogP contribution in [0.15, 0.2) is 53.4 Å².